The maximum Gasteiger partial charge on any atom is 0.183 e. The van der Waals surface area contributed by atoms with Crippen molar-refractivity contribution in [3.8, 4) is 22.5 Å². The van der Waals surface area contributed by atoms with Gasteiger partial charge >= 0.3 is 0 Å². The normalized spacial score (nSPS) is 17.2. The molecule has 0 atom stereocenters. The highest BCUT2D eigenvalue weighted by atomic mass is 16.7. The summed E-state index contributed by atoms with van der Waals surface area (Å²) in [6.45, 7) is 11.3. The zero-order valence-corrected chi connectivity index (χ0v) is 34.8. The third-order valence-electron chi connectivity index (χ3n) is 11.7. The molecule has 2 fully saturated rings. The summed E-state index contributed by atoms with van der Waals surface area (Å²) in [5.41, 5.74) is 11.9. The van der Waals surface area contributed by atoms with Crippen LogP contribution in [0.25, 0.3) is 66.1 Å². The number of benzene rings is 4. The number of ether oxygens (including phenoxy) is 4. The van der Waals surface area contributed by atoms with E-state index in [0.29, 0.717) is 26.4 Å². The first-order chi connectivity index (χ1) is 29.1. The molecule has 0 N–H and O–H groups in total. The van der Waals surface area contributed by atoms with Gasteiger partial charge in [0.25, 0.3) is 0 Å². The van der Waals surface area contributed by atoms with E-state index in [1.54, 1.807) is 0 Å². The van der Waals surface area contributed by atoms with Crippen LogP contribution in [0.3, 0.4) is 0 Å². The maximum atomic E-state index is 6.01. The molecule has 0 aliphatic carbocycles. The number of hydrogen-bond acceptors (Lipinski definition) is 8. The van der Waals surface area contributed by atoms with Crippen molar-refractivity contribution in [3.63, 3.8) is 0 Å². The molecule has 2 aliphatic rings. The lowest BCUT2D eigenvalue weighted by Gasteiger charge is -2.34. The average Bonchev–Trinajstić information content (AvgIpc) is 3.27. The Morgan fingerprint density at radius 1 is 0.400 bits per heavy atom. The monoisotopic (exact) mass is 794 g/mol. The zero-order valence-electron chi connectivity index (χ0n) is 34.8. The molecule has 0 radical (unpaired) electrons. The molecular formula is C52H50N4O4. The van der Waals surface area contributed by atoms with E-state index in [-0.39, 0.29) is 23.4 Å². The summed E-state index contributed by atoms with van der Waals surface area (Å²) in [6.07, 6.45) is 3.10. The number of unbranched alkanes of at least 4 members (excludes halogenated alkanes) is 1. The summed E-state index contributed by atoms with van der Waals surface area (Å²) in [7, 11) is 0. The van der Waals surface area contributed by atoms with Gasteiger partial charge < -0.3 is 18.9 Å². The Balaban J connectivity index is 0.820. The van der Waals surface area contributed by atoms with Crippen LogP contribution in [0.4, 0.5) is 0 Å². The maximum absolute atomic E-state index is 6.01. The molecule has 60 heavy (non-hydrogen) atoms. The molecule has 4 aromatic heterocycles. The van der Waals surface area contributed by atoms with Crippen LogP contribution >= 0.6 is 0 Å². The molecule has 8 nitrogen and oxygen atoms in total. The van der Waals surface area contributed by atoms with E-state index in [0.717, 1.165) is 114 Å². The topological polar surface area (TPSA) is 88.5 Å². The average molecular weight is 795 g/mol. The van der Waals surface area contributed by atoms with Crippen molar-refractivity contribution >= 4 is 43.6 Å². The van der Waals surface area contributed by atoms with Gasteiger partial charge in [-0.05, 0) is 49.9 Å². The van der Waals surface area contributed by atoms with E-state index < -0.39 is 0 Å². The molecule has 0 spiro atoms. The smallest absolute Gasteiger partial charge is 0.183 e. The van der Waals surface area contributed by atoms with Gasteiger partial charge in [-0.2, -0.15) is 0 Å². The molecule has 0 amide bonds. The Morgan fingerprint density at radius 2 is 0.717 bits per heavy atom. The van der Waals surface area contributed by atoms with E-state index >= 15 is 0 Å². The number of rotatable bonds is 9. The predicted molar refractivity (Wildman–Crippen MR) is 238 cm³/mol. The van der Waals surface area contributed by atoms with Gasteiger partial charge in [-0.15, -0.1) is 0 Å². The summed E-state index contributed by atoms with van der Waals surface area (Å²) in [5, 5.41) is 4.35. The number of nitrogens with zero attached hydrogens (tertiary/aromatic N) is 4. The minimum Gasteiger partial charge on any atom is -0.348 e. The molecule has 0 bridgehead atoms. The van der Waals surface area contributed by atoms with Crippen LogP contribution in [0.1, 0.15) is 75.6 Å². The highest BCUT2D eigenvalue weighted by molar-refractivity contribution is 6.04. The van der Waals surface area contributed by atoms with Crippen molar-refractivity contribution in [2.45, 2.75) is 66.0 Å². The van der Waals surface area contributed by atoms with Crippen LogP contribution in [0.15, 0.2) is 121 Å². The van der Waals surface area contributed by atoms with E-state index in [2.05, 4.69) is 149 Å². The summed E-state index contributed by atoms with van der Waals surface area (Å²) < 4.78 is 24.0. The second-order valence-electron chi connectivity index (χ2n) is 18.1. The molecule has 302 valence electrons. The van der Waals surface area contributed by atoms with E-state index in [1.807, 2.05) is 0 Å². The summed E-state index contributed by atoms with van der Waals surface area (Å²) in [6, 6.07) is 42.4. The highest BCUT2D eigenvalue weighted by Crippen LogP contribution is 2.35. The highest BCUT2D eigenvalue weighted by Gasteiger charge is 2.30. The van der Waals surface area contributed by atoms with Crippen LogP contribution in [-0.4, -0.2) is 46.4 Å². The lowest BCUT2D eigenvalue weighted by molar-refractivity contribution is -0.226. The van der Waals surface area contributed by atoms with Crippen LogP contribution in [-0.2, 0) is 31.8 Å². The van der Waals surface area contributed by atoms with Gasteiger partial charge in [0.2, 0.25) is 0 Å². The van der Waals surface area contributed by atoms with Crippen molar-refractivity contribution < 1.29 is 18.9 Å². The zero-order chi connectivity index (χ0) is 40.8. The standard InChI is InChI=1S/C52H50N4O4/c1-51(2)29-57-49(58-30-51)39-17-9-33(10-18-39)43-27-23-37-15-13-35-21-25-41(53-45(35)47(37)55-43)7-5-6-8-42-26-22-36-14-16-38-24-28-44(56-48(38)46(36)54-42)34-11-19-40(20-12-34)50-59-31-52(3,4)32-60-50/h9-28,49-50H,5-8,29-32H2,1-4H3. The van der Waals surface area contributed by atoms with Crippen LogP contribution in [0.2, 0.25) is 0 Å². The van der Waals surface area contributed by atoms with Crippen LogP contribution < -0.4 is 0 Å². The molecule has 8 heteroatoms. The quantitative estimate of drug-likeness (QED) is 0.105. The minimum atomic E-state index is -0.333. The summed E-state index contributed by atoms with van der Waals surface area (Å²) in [4.78, 5) is 20.7. The van der Waals surface area contributed by atoms with Gasteiger partial charge in [-0.25, -0.2) is 9.97 Å². The Hall–Kier alpha value is -5.64. The van der Waals surface area contributed by atoms with Crippen molar-refractivity contribution in [2.75, 3.05) is 26.4 Å². The van der Waals surface area contributed by atoms with Gasteiger partial charge in [0.1, 0.15) is 0 Å². The number of aromatic nitrogens is 4. The Labute approximate surface area is 350 Å². The van der Waals surface area contributed by atoms with Crippen molar-refractivity contribution in [2.24, 2.45) is 10.8 Å². The molecular weight excluding hydrogens is 745 g/mol. The Bertz CT molecular complexity index is 2640. The molecule has 8 aromatic rings. The van der Waals surface area contributed by atoms with E-state index in [1.165, 1.54) is 0 Å². The molecule has 2 aliphatic heterocycles. The molecule has 2 saturated heterocycles. The number of pyridine rings is 4. The first-order valence-corrected chi connectivity index (χ1v) is 21.2. The first kappa shape index (κ1) is 38.6. The summed E-state index contributed by atoms with van der Waals surface area (Å²) in [5.74, 6) is 0. The molecule has 6 heterocycles. The van der Waals surface area contributed by atoms with Crippen molar-refractivity contribution in [1.82, 2.24) is 19.9 Å². The lowest BCUT2D eigenvalue weighted by Crippen LogP contribution is -2.33. The Morgan fingerprint density at radius 3 is 1.08 bits per heavy atom. The molecule has 4 aromatic carbocycles. The minimum absolute atomic E-state index is 0.0354. The first-order valence-electron chi connectivity index (χ1n) is 21.2. The molecule has 0 unspecified atom stereocenters. The SMILES string of the molecule is CC1(C)COC(c2ccc(-c3ccc4ccc5ccc(CCCCc6ccc7ccc8ccc(-c9ccc(C%10OCC(C)(C)CO%10)cc9)nc8c7n6)nc5c4n3)cc2)OC1. The fourth-order valence-electron chi connectivity index (χ4n) is 8.22. The van der Waals surface area contributed by atoms with Gasteiger partial charge in [0.05, 0.1) is 59.9 Å². The number of hydrogen-bond donors (Lipinski definition) is 0. The fourth-order valence-corrected chi connectivity index (χ4v) is 8.22. The number of aryl methyl sites for hydroxylation is 2. The van der Waals surface area contributed by atoms with Crippen molar-refractivity contribution in [3.05, 3.63) is 144 Å². The number of fused-ring (bicyclic) bond motifs is 6. The predicted octanol–water partition coefficient (Wildman–Crippen LogP) is 11.9. The van der Waals surface area contributed by atoms with E-state index in [4.69, 9.17) is 38.9 Å². The Kier molecular flexibility index (Phi) is 10.1. The molecule has 0 saturated carbocycles. The van der Waals surface area contributed by atoms with Crippen LogP contribution in [0, 0.1) is 10.8 Å². The van der Waals surface area contributed by atoms with Crippen LogP contribution in [0.5, 0.6) is 0 Å². The van der Waals surface area contributed by atoms with Gasteiger partial charge in [-0.3, -0.25) is 9.97 Å². The second kappa shape index (κ2) is 15.8. The molecule has 10 rings (SSSR count). The van der Waals surface area contributed by atoms with Gasteiger partial charge in [0.15, 0.2) is 12.6 Å². The van der Waals surface area contributed by atoms with Crippen molar-refractivity contribution in [1.29, 1.82) is 0 Å². The fraction of sp³-hybridized carbons (Fsp3) is 0.308. The van der Waals surface area contributed by atoms with Gasteiger partial charge in [0, 0.05) is 66.0 Å². The third-order valence-corrected chi connectivity index (χ3v) is 11.7. The van der Waals surface area contributed by atoms with Gasteiger partial charge in [-0.1, -0.05) is 125 Å². The second-order valence-corrected chi connectivity index (χ2v) is 18.1. The van der Waals surface area contributed by atoms with E-state index in [9.17, 15) is 0 Å². The largest absolute Gasteiger partial charge is 0.348 e. The summed E-state index contributed by atoms with van der Waals surface area (Å²) >= 11 is 0. The third kappa shape index (κ3) is 8.00. The lowest BCUT2D eigenvalue weighted by atomic mass is 9.95.